The Morgan fingerprint density at radius 1 is 1.28 bits per heavy atom. The van der Waals surface area contributed by atoms with Gasteiger partial charge in [-0.3, -0.25) is 9.00 Å². The summed E-state index contributed by atoms with van der Waals surface area (Å²) in [5.41, 5.74) is 0.896. The van der Waals surface area contributed by atoms with Gasteiger partial charge in [0, 0.05) is 41.5 Å². The van der Waals surface area contributed by atoms with Gasteiger partial charge in [0.05, 0.1) is 6.04 Å². The molecule has 0 saturated heterocycles. The van der Waals surface area contributed by atoms with Gasteiger partial charge in [-0.05, 0) is 24.6 Å². The van der Waals surface area contributed by atoms with E-state index in [0.29, 0.717) is 6.42 Å². The Balaban J connectivity index is 2.24. The standard InChI is InChI=1S/C18H21NO5S/c1-5-15-14(18(21)22)10-16(24-15)17(20)19(3)11(2)12-6-8-13(9-7-12)25(4)23/h6-11H,5H2,1-4H3,(H,21,22). The molecule has 7 heteroatoms. The first-order chi connectivity index (χ1) is 11.8. The van der Waals surface area contributed by atoms with Crippen molar-refractivity contribution < 1.29 is 23.3 Å². The van der Waals surface area contributed by atoms with Crippen LogP contribution in [0.2, 0.25) is 0 Å². The molecular weight excluding hydrogens is 342 g/mol. The van der Waals surface area contributed by atoms with Crippen LogP contribution in [-0.2, 0) is 17.2 Å². The van der Waals surface area contributed by atoms with E-state index in [0.717, 1.165) is 10.5 Å². The Kier molecular flexibility index (Phi) is 5.79. The lowest BCUT2D eigenvalue weighted by Crippen LogP contribution is -2.29. The molecule has 0 aliphatic carbocycles. The van der Waals surface area contributed by atoms with E-state index < -0.39 is 22.7 Å². The summed E-state index contributed by atoms with van der Waals surface area (Å²) >= 11 is 0. The van der Waals surface area contributed by atoms with Crippen LogP contribution in [0.3, 0.4) is 0 Å². The van der Waals surface area contributed by atoms with Gasteiger partial charge < -0.3 is 14.4 Å². The Morgan fingerprint density at radius 2 is 1.88 bits per heavy atom. The van der Waals surface area contributed by atoms with E-state index in [1.54, 1.807) is 32.4 Å². The molecule has 2 aromatic rings. The molecule has 0 aliphatic rings. The first-order valence-electron chi connectivity index (χ1n) is 7.82. The second-order valence-electron chi connectivity index (χ2n) is 5.72. The molecule has 1 heterocycles. The monoisotopic (exact) mass is 363 g/mol. The number of furan rings is 1. The largest absolute Gasteiger partial charge is 0.478 e. The molecule has 1 N–H and O–H groups in total. The van der Waals surface area contributed by atoms with Crippen molar-refractivity contribution in [2.45, 2.75) is 31.2 Å². The second kappa shape index (κ2) is 7.65. The van der Waals surface area contributed by atoms with Crippen LogP contribution in [0.4, 0.5) is 0 Å². The second-order valence-corrected chi connectivity index (χ2v) is 7.10. The number of benzene rings is 1. The molecule has 2 rings (SSSR count). The highest BCUT2D eigenvalue weighted by atomic mass is 32.2. The molecule has 2 atom stereocenters. The highest BCUT2D eigenvalue weighted by Crippen LogP contribution is 2.24. The first-order valence-corrected chi connectivity index (χ1v) is 9.38. The van der Waals surface area contributed by atoms with Crippen molar-refractivity contribution in [3.63, 3.8) is 0 Å². The summed E-state index contributed by atoms with van der Waals surface area (Å²) in [6.45, 7) is 3.63. The molecule has 0 spiro atoms. The molecule has 6 nitrogen and oxygen atoms in total. The Labute approximate surface area is 148 Å². The van der Waals surface area contributed by atoms with Crippen molar-refractivity contribution in [3.8, 4) is 0 Å². The van der Waals surface area contributed by atoms with E-state index in [2.05, 4.69) is 0 Å². The third-order valence-electron chi connectivity index (χ3n) is 4.17. The van der Waals surface area contributed by atoms with Crippen molar-refractivity contribution in [2.75, 3.05) is 13.3 Å². The van der Waals surface area contributed by atoms with Crippen LogP contribution >= 0.6 is 0 Å². The number of carbonyl (C=O) groups excluding carboxylic acids is 1. The van der Waals surface area contributed by atoms with Crippen molar-refractivity contribution >= 4 is 22.7 Å². The minimum atomic E-state index is -1.11. The number of carboxylic acids is 1. The Hall–Kier alpha value is -2.41. The minimum Gasteiger partial charge on any atom is -0.478 e. The van der Waals surface area contributed by atoms with Gasteiger partial charge >= 0.3 is 5.97 Å². The molecule has 0 saturated carbocycles. The number of aromatic carboxylic acids is 1. The van der Waals surface area contributed by atoms with Crippen LogP contribution in [0.25, 0.3) is 0 Å². The van der Waals surface area contributed by atoms with Crippen LogP contribution in [0, 0.1) is 0 Å². The third-order valence-corrected chi connectivity index (χ3v) is 5.10. The normalized spacial score (nSPS) is 13.3. The number of hydrogen-bond acceptors (Lipinski definition) is 4. The molecule has 0 aliphatic heterocycles. The van der Waals surface area contributed by atoms with Crippen LogP contribution in [-0.4, -0.2) is 39.4 Å². The van der Waals surface area contributed by atoms with Gasteiger partial charge in [-0.15, -0.1) is 0 Å². The number of carboxylic acid groups (broad SMARTS) is 1. The SMILES string of the molecule is CCc1oc(C(=O)N(C)C(C)c2ccc(S(C)=O)cc2)cc1C(=O)O. The summed E-state index contributed by atoms with van der Waals surface area (Å²) in [6, 6.07) is 8.21. The summed E-state index contributed by atoms with van der Waals surface area (Å²) < 4.78 is 16.9. The van der Waals surface area contributed by atoms with Crippen molar-refractivity contribution in [2.24, 2.45) is 0 Å². The predicted octanol–water partition coefficient (Wildman–Crippen LogP) is 3.11. The molecular formula is C18H21NO5S. The molecule has 25 heavy (non-hydrogen) atoms. The smallest absolute Gasteiger partial charge is 0.339 e. The highest BCUT2D eigenvalue weighted by molar-refractivity contribution is 7.84. The first kappa shape index (κ1) is 18.9. The number of aryl methyl sites for hydroxylation is 1. The van der Waals surface area contributed by atoms with Crippen LogP contribution in [0.1, 0.15) is 52.1 Å². The van der Waals surface area contributed by atoms with Crippen molar-refractivity contribution in [1.82, 2.24) is 4.90 Å². The molecule has 2 unspecified atom stereocenters. The maximum absolute atomic E-state index is 12.6. The number of hydrogen-bond donors (Lipinski definition) is 1. The van der Waals surface area contributed by atoms with Gasteiger partial charge in [-0.1, -0.05) is 19.1 Å². The molecule has 0 radical (unpaired) electrons. The summed E-state index contributed by atoms with van der Waals surface area (Å²) in [4.78, 5) is 26.1. The fourth-order valence-corrected chi connectivity index (χ4v) is 3.01. The van der Waals surface area contributed by atoms with Gasteiger partial charge in [0.1, 0.15) is 11.3 Å². The van der Waals surface area contributed by atoms with E-state index in [-0.39, 0.29) is 23.1 Å². The van der Waals surface area contributed by atoms with Gasteiger partial charge in [0.25, 0.3) is 5.91 Å². The lowest BCUT2D eigenvalue weighted by molar-refractivity contribution is 0.0689. The lowest BCUT2D eigenvalue weighted by Gasteiger charge is -2.24. The zero-order valence-electron chi connectivity index (χ0n) is 14.6. The number of amides is 1. The van der Waals surface area contributed by atoms with Crippen molar-refractivity contribution in [3.05, 3.63) is 53.0 Å². The number of carbonyl (C=O) groups is 2. The zero-order valence-corrected chi connectivity index (χ0v) is 15.4. The number of rotatable bonds is 6. The summed E-state index contributed by atoms with van der Waals surface area (Å²) in [7, 11) is 0.576. The van der Waals surface area contributed by atoms with Crippen LogP contribution < -0.4 is 0 Å². The van der Waals surface area contributed by atoms with Crippen LogP contribution in [0.5, 0.6) is 0 Å². The van der Waals surface area contributed by atoms with E-state index in [1.807, 2.05) is 19.1 Å². The minimum absolute atomic E-state index is 0.00915. The topological polar surface area (TPSA) is 87.8 Å². The third kappa shape index (κ3) is 3.99. The highest BCUT2D eigenvalue weighted by Gasteiger charge is 2.25. The zero-order chi connectivity index (χ0) is 18.7. The summed E-state index contributed by atoms with van der Waals surface area (Å²) in [5.74, 6) is -1.21. The van der Waals surface area contributed by atoms with Gasteiger partial charge in [0.15, 0.2) is 5.76 Å². The molecule has 0 fully saturated rings. The molecule has 1 amide bonds. The number of nitrogens with zero attached hydrogens (tertiary/aromatic N) is 1. The Bertz CT molecular complexity index is 809. The molecule has 1 aromatic carbocycles. The average molecular weight is 363 g/mol. The molecule has 1 aromatic heterocycles. The van der Waals surface area contributed by atoms with Gasteiger partial charge in [-0.2, -0.15) is 0 Å². The lowest BCUT2D eigenvalue weighted by atomic mass is 10.1. The predicted molar refractivity (Wildman–Crippen MR) is 94.3 cm³/mol. The van der Waals surface area contributed by atoms with Gasteiger partial charge in [0.2, 0.25) is 0 Å². The van der Waals surface area contributed by atoms with E-state index in [9.17, 15) is 18.9 Å². The molecule has 134 valence electrons. The fraction of sp³-hybridized carbons (Fsp3) is 0.333. The summed E-state index contributed by atoms with van der Waals surface area (Å²) in [5, 5.41) is 9.18. The quantitative estimate of drug-likeness (QED) is 0.852. The summed E-state index contributed by atoms with van der Waals surface area (Å²) in [6.07, 6.45) is 2.00. The van der Waals surface area contributed by atoms with E-state index >= 15 is 0 Å². The fourth-order valence-electron chi connectivity index (χ4n) is 2.49. The van der Waals surface area contributed by atoms with Crippen LogP contribution in [0.15, 0.2) is 39.6 Å². The maximum Gasteiger partial charge on any atom is 0.339 e. The Morgan fingerprint density at radius 3 is 2.32 bits per heavy atom. The van der Waals surface area contributed by atoms with Gasteiger partial charge in [-0.25, -0.2) is 4.79 Å². The van der Waals surface area contributed by atoms with E-state index in [1.165, 1.54) is 11.0 Å². The van der Waals surface area contributed by atoms with Crippen molar-refractivity contribution in [1.29, 1.82) is 0 Å². The molecule has 0 bridgehead atoms. The maximum atomic E-state index is 12.6. The average Bonchev–Trinajstić information content (AvgIpc) is 3.04. The van der Waals surface area contributed by atoms with E-state index in [4.69, 9.17) is 4.42 Å².